The number of carbonyl (C=O) groups is 1. The number of ether oxygens (including phenoxy) is 3. The maximum Gasteiger partial charge on any atom is 0.338 e. The van der Waals surface area contributed by atoms with Gasteiger partial charge < -0.3 is 14.2 Å². The molecule has 2 aromatic rings. The molecule has 0 saturated heterocycles. The molecule has 0 fully saturated rings. The molecule has 1 heterocycles. The summed E-state index contributed by atoms with van der Waals surface area (Å²) in [5.41, 5.74) is 0.762. The number of nitrogens with zero attached hydrogens (tertiary/aromatic N) is 1. The third-order valence-corrected chi connectivity index (χ3v) is 3.40. The molecule has 2 aromatic carbocycles. The van der Waals surface area contributed by atoms with E-state index < -0.39 is 16.7 Å². The van der Waals surface area contributed by atoms with E-state index in [1.807, 2.05) is 0 Å². The summed E-state index contributed by atoms with van der Waals surface area (Å²) < 4.78 is 28.7. The standard InChI is InChI=1S/C16H12FNO6/c17-13-3-1-2-10(4-13)16(19)23-8-12-6-14(18(20)21)5-11-7-22-9-24-15(11)12/h1-6H,7-9H2. The Morgan fingerprint density at radius 3 is 2.92 bits per heavy atom. The van der Waals surface area contributed by atoms with Gasteiger partial charge in [-0.05, 0) is 18.2 Å². The predicted octanol–water partition coefficient (Wildman–Crippen LogP) is 2.96. The lowest BCUT2D eigenvalue weighted by Gasteiger charge is -2.20. The second-order valence-corrected chi connectivity index (χ2v) is 5.05. The van der Waals surface area contributed by atoms with Crippen LogP contribution in [0.2, 0.25) is 0 Å². The second kappa shape index (κ2) is 6.63. The summed E-state index contributed by atoms with van der Waals surface area (Å²) in [6.45, 7) is -0.0587. The minimum absolute atomic E-state index is 0.00958. The van der Waals surface area contributed by atoms with E-state index in [1.54, 1.807) is 0 Å². The maximum atomic E-state index is 13.1. The van der Waals surface area contributed by atoms with Crippen LogP contribution in [0, 0.1) is 15.9 Å². The lowest BCUT2D eigenvalue weighted by Crippen LogP contribution is -2.15. The van der Waals surface area contributed by atoms with E-state index >= 15 is 0 Å². The van der Waals surface area contributed by atoms with Crippen molar-refractivity contribution in [3.05, 3.63) is 69.0 Å². The average molecular weight is 333 g/mol. The van der Waals surface area contributed by atoms with Crippen molar-refractivity contribution in [1.82, 2.24) is 0 Å². The van der Waals surface area contributed by atoms with E-state index in [0.717, 1.165) is 6.07 Å². The summed E-state index contributed by atoms with van der Waals surface area (Å²) in [7, 11) is 0. The van der Waals surface area contributed by atoms with Crippen LogP contribution in [0.3, 0.4) is 0 Å². The van der Waals surface area contributed by atoms with Crippen molar-refractivity contribution in [3.63, 3.8) is 0 Å². The zero-order chi connectivity index (χ0) is 17.1. The van der Waals surface area contributed by atoms with Crippen LogP contribution in [0.4, 0.5) is 10.1 Å². The molecule has 3 rings (SSSR count). The van der Waals surface area contributed by atoms with Crippen molar-refractivity contribution >= 4 is 11.7 Å². The van der Waals surface area contributed by atoms with Gasteiger partial charge in [-0.2, -0.15) is 0 Å². The number of hydrogen-bond acceptors (Lipinski definition) is 6. The Labute approximate surface area is 135 Å². The highest BCUT2D eigenvalue weighted by Gasteiger charge is 2.22. The van der Waals surface area contributed by atoms with Crippen molar-refractivity contribution < 1.29 is 28.3 Å². The largest absolute Gasteiger partial charge is 0.467 e. The van der Waals surface area contributed by atoms with Crippen molar-refractivity contribution in [1.29, 1.82) is 0 Å². The third-order valence-electron chi connectivity index (χ3n) is 3.40. The number of benzene rings is 2. The molecule has 1 aliphatic heterocycles. The summed E-state index contributed by atoms with van der Waals surface area (Å²) >= 11 is 0. The topological polar surface area (TPSA) is 87.9 Å². The molecule has 7 nitrogen and oxygen atoms in total. The number of hydrogen-bond donors (Lipinski definition) is 0. The molecule has 0 aliphatic carbocycles. The van der Waals surface area contributed by atoms with Crippen LogP contribution in [0.15, 0.2) is 36.4 Å². The zero-order valence-corrected chi connectivity index (χ0v) is 12.4. The third kappa shape index (κ3) is 3.33. The van der Waals surface area contributed by atoms with Gasteiger partial charge in [0, 0.05) is 23.3 Å². The van der Waals surface area contributed by atoms with Crippen LogP contribution in [0.5, 0.6) is 5.75 Å². The van der Waals surface area contributed by atoms with Gasteiger partial charge in [0.1, 0.15) is 18.2 Å². The SMILES string of the molecule is O=C(OCc1cc([N+](=O)[O-])cc2c1OCOC2)c1cccc(F)c1. The molecular weight excluding hydrogens is 321 g/mol. The average Bonchev–Trinajstić information content (AvgIpc) is 2.59. The van der Waals surface area contributed by atoms with Crippen LogP contribution in [0.25, 0.3) is 0 Å². The monoisotopic (exact) mass is 333 g/mol. The van der Waals surface area contributed by atoms with E-state index in [1.165, 1.54) is 30.3 Å². The van der Waals surface area contributed by atoms with Gasteiger partial charge in [0.05, 0.1) is 17.1 Å². The van der Waals surface area contributed by atoms with E-state index in [4.69, 9.17) is 14.2 Å². The quantitative estimate of drug-likeness (QED) is 0.485. The molecule has 0 aromatic heterocycles. The fraction of sp³-hybridized carbons (Fsp3) is 0.188. The number of esters is 1. The van der Waals surface area contributed by atoms with Crippen LogP contribution in [-0.4, -0.2) is 17.7 Å². The van der Waals surface area contributed by atoms with Gasteiger partial charge in [-0.15, -0.1) is 0 Å². The van der Waals surface area contributed by atoms with E-state index in [0.29, 0.717) is 16.9 Å². The maximum absolute atomic E-state index is 13.1. The Morgan fingerprint density at radius 2 is 2.17 bits per heavy atom. The first-order chi connectivity index (χ1) is 11.5. The molecule has 0 saturated carbocycles. The smallest absolute Gasteiger partial charge is 0.338 e. The van der Waals surface area contributed by atoms with Gasteiger partial charge in [-0.1, -0.05) is 6.07 Å². The summed E-state index contributed by atoms with van der Waals surface area (Å²) in [6, 6.07) is 7.70. The first-order valence-electron chi connectivity index (χ1n) is 6.98. The Bertz CT molecular complexity index is 807. The fourth-order valence-electron chi connectivity index (χ4n) is 2.34. The van der Waals surface area contributed by atoms with Gasteiger partial charge in [-0.3, -0.25) is 10.1 Å². The minimum atomic E-state index is -0.734. The minimum Gasteiger partial charge on any atom is -0.467 e. The molecule has 0 spiro atoms. The Hall–Kier alpha value is -3.00. The first-order valence-corrected chi connectivity index (χ1v) is 6.98. The molecular formula is C16H12FNO6. The molecule has 0 radical (unpaired) electrons. The fourth-order valence-corrected chi connectivity index (χ4v) is 2.34. The van der Waals surface area contributed by atoms with Crippen LogP contribution in [0.1, 0.15) is 21.5 Å². The molecule has 0 atom stereocenters. The van der Waals surface area contributed by atoms with Crippen molar-refractivity contribution in [3.8, 4) is 5.75 Å². The highest BCUT2D eigenvalue weighted by atomic mass is 19.1. The molecule has 0 amide bonds. The highest BCUT2D eigenvalue weighted by Crippen LogP contribution is 2.33. The van der Waals surface area contributed by atoms with Crippen LogP contribution >= 0.6 is 0 Å². The van der Waals surface area contributed by atoms with Gasteiger partial charge >= 0.3 is 5.97 Å². The molecule has 124 valence electrons. The Balaban J connectivity index is 1.82. The lowest BCUT2D eigenvalue weighted by molar-refractivity contribution is -0.385. The molecule has 0 unspecified atom stereocenters. The first kappa shape index (κ1) is 15.9. The predicted molar refractivity (Wildman–Crippen MR) is 78.9 cm³/mol. The molecule has 1 aliphatic rings. The van der Waals surface area contributed by atoms with Crippen LogP contribution < -0.4 is 4.74 Å². The summed E-state index contributed by atoms with van der Waals surface area (Å²) in [4.78, 5) is 22.4. The number of non-ortho nitro benzene ring substituents is 1. The van der Waals surface area contributed by atoms with Gasteiger partial charge in [0.25, 0.3) is 5.69 Å². The number of rotatable bonds is 4. The number of nitro groups is 1. The molecule has 0 bridgehead atoms. The van der Waals surface area contributed by atoms with Crippen molar-refractivity contribution in [2.45, 2.75) is 13.2 Å². The van der Waals surface area contributed by atoms with E-state index in [-0.39, 0.29) is 31.3 Å². The number of carbonyl (C=O) groups excluding carboxylic acids is 1. The van der Waals surface area contributed by atoms with Crippen molar-refractivity contribution in [2.24, 2.45) is 0 Å². The lowest BCUT2D eigenvalue weighted by atomic mass is 10.1. The van der Waals surface area contributed by atoms with Gasteiger partial charge in [0.2, 0.25) is 0 Å². The molecule has 24 heavy (non-hydrogen) atoms. The van der Waals surface area contributed by atoms with Crippen LogP contribution in [-0.2, 0) is 22.7 Å². The number of nitro benzene ring substituents is 1. The highest BCUT2D eigenvalue weighted by molar-refractivity contribution is 5.89. The number of halogens is 1. The molecule has 8 heteroatoms. The zero-order valence-electron chi connectivity index (χ0n) is 12.4. The van der Waals surface area contributed by atoms with Gasteiger partial charge in [-0.25, -0.2) is 9.18 Å². The normalized spacial score (nSPS) is 12.9. The second-order valence-electron chi connectivity index (χ2n) is 5.05. The van der Waals surface area contributed by atoms with E-state index in [9.17, 15) is 19.3 Å². The Morgan fingerprint density at radius 1 is 1.33 bits per heavy atom. The van der Waals surface area contributed by atoms with Gasteiger partial charge in [0.15, 0.2) is 6.79 Å². The van der Waals surface area contributed by atoms with Crippen molar-refractivity contribution in [2.75, 3.05) is 6.79 Å². The molecule has 0 N–H and O–H groups in total. The summed E-state index contributed by atoms with van der Waals surface area (Å²) in [6.07, 6.45) is 0. The van der Waals surface area contributed by atoms with E-state index in [2.05, 4.69) is 0 Å². The summed E-state index contributed by atoms with van der Waals surface area (Å²) in [5, 5.41) is 11.0. The Kier molecular flexibility index (Phi) is 4.39. The summed E-state index contributed by atoms with van der Waals surface area (Å²) in [5.74, 6) is -0.890. The number of fused-ring (bicyclic) bond motifs is 1.